The number of nitrogens with one attached hydrogen (secondary N) is 1. The minimum absolute atomic E-state index is 0.0129. The highest BCUT2D eigenvalue weighted by molar-refractivity contribution is 5.79. The molecule has 5 nitrogen and oxygen atoms in total. The van der Waals surface area contributed by atoms with E-state index in [1.54, 1.807) is 6.20 Å². The molecule has 0 saturated heterocycles. The maximum Gasteiger partial charge on any atom is 0.224 e. The van der Waals surface area contributed by atoms with Crippen LogP contribution in [0.4, 0.5) is 0 Å². The Labute approximate surface area is 101 Å². The fraction of sp³-hybridized carbons (Fsp3) is 0.667. The summed E-state index contributed by atoms with van der Waals surface area (Å²) in [6, 6.07) is 0.0463. The van der Waals surface area contributed by atoms with Crippen LogP contribution in [-0.2, 0) is 11.3 Å². The molecule has 1 aliphatic carbocycles. The summed E-state index contributed by atoms with van der Waals surface area (Å²) in [5.74, 6) is 1.09. The van der Waals surface area contributed by atoms with Gasteiger partial charge in [0.2, 0.25) is 5.91 Å². The van der Waals surface area contributed by atoms with Crippen LogP contribution in [0.3, 0.4) is 0 Å². The molecule has 1 fully saturated rings. The van der Waals surface area contributed by atoms with E-state index in [9.17, 15) is 4.79 Å². The van der Waals surface area contributed by atoms with Crippen LogP contribution in [-0.4, -0.2) is 28.0 Å². The predicted molar refractivity (Wildman–Crippen MR) is 65.3 cm³/mol. The van der Waals surface area contributed by atoms with Crippen molar-refractivity contribution in [2.24, 2.45) is 11.7 Å². The standard InChI is InChI=1S/C12H20N4O/c1-9-14-5-7-16(9)8-6-15-12(17)10-3-2-4-11(10)13/h5,7,10-11H,2-4,6,8,13H2,1H3,(H,15,17). The first-order chi connectivity index (χ1) is 8.18. The number of rotatable bonds is 4. The Bertz CT molecular complexity index is 388. The van der Waals surface area contributed by atoms with Crippen molar-refractivity contribution >= 4 is 5.91 Å². The minimum atomic E-state index is 0.0129. The summed E-state index contributed by atoms with van der Waals surface area (Å²) in [4.78, 5) is 16.0. The van der Waals surface area contributed by atoms with E-state index in [-0.39, 0.29) is 17.9 Å². The van der Waals surface area contributed by atoms with Gasteiger partial charge in [-0.2, -0.15) is 0 Å². The molecule has 0 spiro atoms. The highest BCUT2D eigenvalue weighted by atomic mass is 16.1. The van der Waals surface area contributed by atoms with E-state index in [0.29, 0.717) is 6.54 Å². The van der Waals surface area contributed by atoms with Gasteiger partial charge in [-0.15, -0.1) is 0 Å². The lowest BCUT2D eigenvalue weighted by atomic mass is 10.0. The van der Waals surface area contributed by atoms with Crippen molar-refractivity contribution in [3.8, 4) is 0 Å². The van der Waals surface area contributed by atoms with Gasteiger partial charge in [-0.25, -0.2) is 4.98 Å². The van der Waals surface area contributed by atoms with Crippen molar-refractivity contribution in [1.82, 2.24) is 14.9 Å². The molecule has 2 atom stereocenters. The van der Waals surface area contributed by atoms with Crippen molar-refractivity contribution in [3.63, 3.8) is 0 Å². The molecule has 1 aliphatic rings. The van der Waals surface area contributed by atoms with Crippen LogP contribution in [0.5, 0.6) is 0 Å². The number of amides is 1. The SMILES string of the molecule is Cc1nccn1CCNC(=O)C1CCCC1N. The van der Waals surface area contributed by atoms with Gasteiger partial charge in [0.1, 0.15) is 5.82 Å². The van der Waals surface area contributed by atoms with E-state index < -0.39 is 0 Å². The second kappa shape index (κ2) is 5.31. The molecule has 2 rings (SSSR count). The monoisotopic (exact) mass is 236 g/mol. The van der Waals surface area contributed by atoms with Crippen molar-refractivity contribution in [2.45, 2.75) is 38.8 Å². The van der Waals surface area contributed by atoms with E-state index in [4.69, 9.17) is 5.73 Å². The fourth-order valence-corrected chi connectivity index (χ4v) is 2.38. The third-order valence-electron chi connectivity index (χ3n) is 3.48. The molecule has 17 heavy (non-hydrogen) atoms. The maximum absolute atomic E-state index is 11.9. The van der Waals surface area contributed by atoms with Gasteiger partial charge in [0.15, 0.2) is 0 Å². The second-order valence-corrected chi connectivity index (χ2v) is 4.66. The minimum Gasteiger partial charge on any atom is -0.354 e. The quantitative estimate of drug-likeness (QED) is 0.796. The third kappa shape index (κ3) is 2.85. The predicted octanol–water partition coefficient (Wildman–Crippen LogP) is 0.435. The molecule has 2 unspecified atom stereocenters. The molecule has 1 aromatic rings. The van der Waals surface area contributed by atoms with Crippen molar-refractivity contribution in [2.75, 3.05) is 6.54 Å². The van der Waals surface area contributed by atoms with Gasteiger partial charge < -0.3 is 15.6 Å². The Kier molecular flexibility index (Phi) is 3.78. The van der Waals surface area contributed by atoms with Gasteiger partial charge in [-0.1, -0.05) is 6.42 Å². The number of nitrogens with zero attached hydrogens (tertiary/aromatic N) is 2. The number of imidazole rings is 1. The van der Waals surface area contributed by atoms with Crippen molar-refractivity contribution in [3.05, 3.63) is 18.2 Å². The topological polar surface area (TPSA) is 72.9 Å². The van der Waals surface area contributed by atoms with Crippen LogP contribution < -0.4 is 11.1 Å². The number of carbonyl (C=O) groups excluding carboxylic acids is 1. The average molecular weight is 236 g/mol. The van der Waals surface area contributed by atoms with E-state index >= 15 is 0 Å². The van der Waals surface area contributed by atoms with Crippen LogP contribution in [0.1, 0.15) is 25.1 Å². The van der Waals surface area contributed by atoms with Gasteiger partial charge in [-0.3, -0.25) is 4.79 Å². The first-order valence-electron chi connectivity index (χ1n) is 6.19. The molecule has 3 N–H and O–H groups in total. The zero-order chi connectivity index (χ0) is 12.3. The van der Waals surface area contributed by atoms with E-state index in [0.717, 1.165) is 31.6 Å². The summed E-state index contributed by atoms with van der Waals surface area (Å²) in [6.07, 6.45) is 6.66. The Balaban J connectivity index is 1.75. The first kappa shape index (κ1) is 12.1. The second-order valence-electron chi connectivity index (χ2n) is 4.66. The molecular formula is C12H20N4O. The summed E-state index contributed by atoms with van der Waals surface area (Å²) in [6.45, 7) is 3.35. The van der Waals surface area contributed by atoms with E-state index in [1.807, 2.05) is 17.7 Å². The zero-order valence-electron chi connectivity index (χ0n) is 10.2. The molecule has 0 aliphatic heterocycles. The summed E-state index contributed by atoms with van der Waals surface area (Å²) in [5, 5.41) is 2.95. The van der Waals surface area contributed by atoms with Gasteiger partial charge in [0.25, 0.3) is 0 Å². The summed E-state index contributed by atoms with van der Waals surface area (Å²) in [7, 11) is 0. The Morgan fingerprint density at radius 2 is 2.47 bits per heavy atom. The van der Waals surface area contributed by atoms with E-state index in [1.165, 1.54) is 0 Å². The number of hydrogen-bond donors (Lipinski definition) is 2. The smallest absolute Gasteiger partial charge is 0.224 e. The maximum atomic E-state index is 11.9. The largest absolute Gasteiger partial charge is 0.354 e. The molecule has 5 heteroatoms. The van der Waals surface area contributed by atoms with Crippen molar-refractivity contribution in [1.29, 1.82) is 0 Å². The molecular weight excluding hydrogens is 216 g/mol. The van der Waals surface area contributed by atoms with Crippen LogP contribution in [0.25, 0.3) is 0 Å². The molecule has 1 heterocycles. The van der Waals surface area contributed by atoms with Gasteiger partial charge in [0.05, 0.1) is 5.92 Å². The Morgan fingerprint density at radius 3 is 3.06 bits per heavy atom. The molecule has 94 valence electrons. The number of nitrogens with two attached hydrogens (primary N) is 1. The van der Waals surface area contributed by atoms with Crippen LogP contribution in [0.2, 0.25) is 0 Å². The lowest BCUT2D eigenvalue weighted by Gasteiger charge is -2.15. The zero-order valence-corrected chi connectivity index (χ0v) is 10.2. The number of hydrogen-bond acceptors (Lipinski definition) is 3. The normalized spacial score (nSPS) is 23.9. The number of aromatic nitrogens is 2. The van der Waals surface area contributed by atoms with Crippen molar-refractivity contribution < 1.29 is 4.79 Å². The molecule has 0 bridgehead atoms. The van der Waals surface area contributed by atoms with Crippen LogP contribution in [0.15, 0.2) is 12.4 Å². The third-order valence-corrected chi connectivity index (χ3v) is 3.48. The lowest BCUT2D eigenvalue weighted by molar-refractivity contribution is -0.125. The summed E-state index contributed by atoms with van der Waals surface area (Å²) in [5.41, 5.74) is 5.89. The molecule has 1 saturated carbocycles. The highest BCUT2D eigenvalue weighted by Crippen LogP contribution is 2.23. The number of carbonyl (C=O) groups is 1. The lowest BCUT2D eigenvalue weighted by Crippen LogP contribution is -2.39. The van der Waals surface area contributed by atoms with Crippen LogP contribution in [0, 0.1) is 12.8 Å². The Morgan fingerprint density at radius 1 is 1.65 bits per heavy atom. The van der Waals surface area contributed by atoms with Crippen LogP contribution >= 0.6 is 0 Å². The van der Waals surface area contributed by atoms with Gasteiger partial charge >= 0.3 is 0 Å². The van der Waals surface area contributed by atoms with E-state index in [2.05, 4.69) is 10.3 Å². The molecule has 0 aromatic carbocycles. The average Bonchev–Trinajstić information content (AvgIpc) is 2.88. The first-order valence-corrected chi connectivity index (χ1v) is 6.19. The summed E-state index contributed by atoms with van der Waals surface area (Å²) < 4.78 is 2.02. The Hall–Kier alpha value is -1.36. The summed E-state index contributed by atoms with van der Waals surface area (Å²) >= 11 is 0. The molecule has 0 radical (unpaired) electrons. The number of aryl methyl sites for hydroxylation is 1. The van der Waals surface area contributed by atoms with Gasteiger partial charge in [-0.05, 0) is 19.8 Å². The van der Waals surface area contributed by atoms with Gasteiger partial charge in [0, 0.05) is 31.5 Å². The molecule has 1 aromatic heterocycles. The molecule has 1 amide bonds. The highest BCUT2D eigenvalue weighted by Gasteiger charge is 2.29. The fourth-order valence-electron chi connectivity index (χ4n) is 2.38.